The molecule has 5 aromatic rings. The van der Waals surface area contributed by atoms with Crippen molar-refractivity contribution < 1.29 is 19.8 Å². The van der Waals surface area contributed by atoms with Crippen LogP contribution in [0.2, 0.25) is 0 Å². The van der Waals surface area contributed by atoms with Gasteiger partial charge in [0.1, 0.15) is 0 Å². The number of fused-ring (bicyclic) bond motifs is 3. The average molecular weight is 420 g/mol. The normalized spacial score (nSPS) is 11.0. The predicted octanol–water partition coefficient (Wildman–Crippen LogP) is 5.51. The Hall–Kier alpha value is -4.58. The van der Waals surface area contributed by atoms with Crippen LogP contribution in [0, 0.1) is 0 Å². The summed E-state index contributed by atoms with van der Waals surface area (Å²) < 4.78 is 0. The molecular weight excluding hydrogens is 404 g/mol. The van der Waals surface area contributed by atoms with Gasteiger partial charge in [0.25, 0.3) is 0 Å². The third-order valence-corrected chi connectivity index (χ3v) is 5.42. The van der Waals surface area contributed by atoms with E-state index in [1.807, 2.05) is 30.3 Å². The van der Waals surface area contributed by atoms with E-state index >= 15 is 0 Å². The highest BCUT2D eigenvalue weighted by atomic mass is 16.4. The zero-order valence-corrected chi connectivity index (χ0v) is 16.7. The molecule has 2 aromatic heterocycles. The lowest BCUT2D eigenvalue weighted by atomic mass is 9.92. The van der Waals surface area contributed by atoms with Crippen molar-refractivity contribution >= 4 is 33.7 Å². The standard InChI is InChI=1S/C26H16N2O4/c29-25(30)19-9-3-1-7-17(19)21-14-16-12-11-15-6-5-13-27-22(15)23(16)28-24(21)18-8-2-4-10-20(18)26(31)32/h1-14H,(H,29,30)(H,31,32). The van der Waals surface area contributed by atoms with E-state index in [1.165, 1.54) is 12.1 Å². The Bertz CT molecular complexity index is 1540. The maximum atomic E-state index is 12.0. The third kappa shape index (κ3) is 3.15. The third-order valence-electron chi connectivity index (χ3n) is 5.42. The fraction of sp³-hybridized carbons (Fsp3) is 0. The van der Waals surface area contributed by atoms with Crippen LogP contribution in [0.5, 0.6) is 0 Å². The van der Waals surface area contributed by atoms with Gasteiger partial charge in [-0.1, -0.05) is 54.6 Å². The largest absolute Gasteiger partial charge is 0.478 e. The second-order valence-corrected chi connectivity index (χ2v) is 7.30. The SMILES string of the molecule is O=C(O)c1ccccc1-c1cc2ccc3cccnc3c2nc1-c1ccccc1C(=O)O. The molecule has 3 aromatic carbocycles. The molecule has 0 aliphatic rings. The van der Waals surface area contributed by atoms with Crippen LogP contribution in [-0.4, -0.2) is 32.1 Å². The number of pyridine rings is 2. The molecule has 0 amide bonds. The average Bonchev–Trinajstić information content (AvgIpc) is 2.83. The fourth-order valence-electron chi connectivity index (χ4n) is 3.97. The summed E-state index contributed by atoms with van der Waals surface area (Å²) in [5, 5.41) is 21.2. The molecule has 2 heterocycles. The van der Waals surface area contributed by atoms with Gasteiger partial charge in [-0.15, -0.1) is 0 Å². The molecule has 0 aliphatic carbocycles. The van der Waals surface area contributed by atoms with Gasteiger partial charge in [-0.2, -0.15) is 0 Å². The molecule has 0 saturated carbocycles. The van der Waals surface area contributed by atoms with E-state index < -0.39 is 11.9 Å². The first-order valence-electron chi connectivity index (χ1n) is 9.88. The number of hydrogen-bond donors (Lipinski definition) is 2. The summed E-state index contributed by atoms with van der Waals surface area (Å²) in [5.41, 5.74) is 3.31. The zero-order chi connectivity index (χ0) is 22.2. The minimum absolute atomic E-state index is 0.0848. The Balaban J connectivity index is 1.94. The molecule has 0 bridgehead atoms. The van der Waals surface area contributed by atoms with Crippen molar-refractivity contribution in [3.05, 3.63) is 96.2 Å². The van der Waals surface area contributed by atoms with Crippen LogP contribution in [0.4, 0.5) is 0 Å². The number of nitrogens with zero attached hydrogens (tertiary/aromatic N) is 2. The van der Waals surface area contributed by atoms with Crippen molar-refractivity contribution in [1.29, 1.82) is 0 Å². The maximum absolute atomic E-state index is 12.0. The monoisotopic (exact) mass is 420 g/mol. The first kappa shape index (κ1) is 19.4. The predicted molar refractivity (Wildman–Crippen MR) is 122 cm³/mol. The number of benzene rings is 3. The van der Waals surface area contributed by atoms with E-state index in [2.05, 4.69) is 4.98 Å². The molecule has 6 nitrogen and oxygen atoms in total. The zero-order valence-electron chi connectivity index (χ0n) is 16.7. The second kappa shape index (κ2) is 7.59. The van der Waals surface area contributed by atoms with E-state index in [1.54, 1.807) is 42.6 Å². The molecule has 0 fully saturated rings. The summed E-state index contributed by atoms with van der Waals surface area (Å²) in [6.07, 6.45) is 1.68. The summed E-state index contributed by atoms with van der Waals surface area (Å²) in [4.78, 5) is 33.2. The summed E-state index contributed by atoms with van der Waals surface area (Å²) in [6, 6.07) is 22.7. The van der Waals surface area contributed by atoms with Gasteiger partial charge in [-0.3, -0.25) is 4.98 Å². The van der Waals surface area contributed by atoms with Gasteiger partial charge in [-0.05, 0) is 29.8 Å². The van der Waals surface area contributed by atoms with Crippen LogP contribution in [0.25, 0.3) is 44.2 Å². The maximum Gasteiger partial charge on any atom is 0.336 e. The molecule has 0 spiro atoms. The van der Waals surface area contributed by atoms with Gasteiger partial charge < -0.3 is 10.2 Å². The molecule has 0 aliphatic heterocycles. The number of aromatic nitrogens is 2. The highest BCUT2D eigenvalue weighted by Crippen LogP contribution is 2.38. The Morgan fingerprint density at radius 3 is 1.97 bits per heavy atom. The number of carboxylic acids is 2. The first-order chi connectivity index (χ1) is 15.5. The smallest absolute Gasteiger partial charge is 0.336 e. The van der Waals surface area contributed by atoms with Gasteiger partial charge in [-0.25, -0.2) is 14.6 Å². The van der Waals surface area contributed by atoms with Crippen molar-refractivity contribution in [2.75, 3.05) is 0 Å². The second-order valence-electron chi connectivity index (χ2n) is 7.30. The van der Waals surface area contributed by atoms with E-state index in [9.17, 15) is 19.8 Å². The molecule has 32 heavy (non-hydrogen) atoms. The van der Waals surface area contributed by atoms with Crippen LogP contribution < -0.4 is 0 Å². The van der Waals surface area contributed by atoms with E-state index in [0.29, 0.717) is 33.4 Å². The van der Waals surface area contributed by atoms with Crippen LogP contribution in [0.1, 0.15) is 20.7 Å². The summed E-state index contributed by atoms with van der Waals surface area (Å²) in [6.45, 7) is 0. The molecule has 6 heteroatoms. The molecule has 2 N–H and O–H groups in total. The molecule has 0 atom stereocenters. The molecule has 0 radical (unpaired) electrons. The van der Waals surface area contributed by atoms with E-state index in [-0.39, 0.29) is 11.1 Å². The van der Waals surface area contributed by atoms with Crippen molar-refractivity contribution in [3.63, 3.8) is 0 Å². The lowest BCUT2D eigenvalue weighted by Crippen LogP contribution is -2.04. The van der Waals surface area contributed by atoms with Crippen molar-refractivity contribution in [1.82, 2.24) is 9.97 Å². The molecule has 154 valence electrons. The molecule has 0 saturated heterocycles. The van der Waals surface area contributed by atoms with Crippen LogP contribution in [0.3, 0.4) is 0 Å². The summed E-state index contributed by atoms with van der Waals surface area (Å²) in [7, 11) is 0. The topological polar surface area (TPSA) is 100 Å². The molecule has 5 rings (SSSR count). The van der Waals surface area contributed by atoms with Crippen molar-refractivity contribution in [2.45, 2.75) is 0 Å². The van der Waals surface area contributed by atoms with E-state index in [0.717, 1.165) is 10.8 Å². The number of carbonyl (C=O) groups is 2. The van der Waals surface area contributed by atoms with Crippen LogP contribution in [0.15, 0.2) is 85.1 Å². The minimum atomic E-state index is -1.09. The Kier molecular flexibility index (Phi) is 4.60. The number of aromatic carboxylic acids is 2. The number of carboxylic acid groups (broad SMARTS) is 2. The highest BCUT2D eigenvalue weighted by Gasteiger charge is 2.21. The number of rotatable bonds is 4. The summed E-state index contributed by atoms with van der Waals surface area (Å²) in [5.74, 6) is -2.16. The highest BCUT2D eigenvalue weighted by molar-refractivity contribution is 6.08. The molecule has 0 unspecified atom stereocenters. The van der Waals surface area contributed by atoms with Crippen molar-refractivity contribution in [2.24, 2.45) is 0 Å². The minimum Gasteiger partial charge on any atom is -0.478 e. The van der Waals surface area contributed by atoms with Gasteiger partial charge in [0.15, 0.2) is 0 Å². The lowest BCUT2D eigenvalue weighted by Gasteiger charge is -2.15. The first-order valence-corrected chi connectivity index (χ1v) is 9.88. The Morgan fingerprint density at radius 2 is 1.25 bits per heavy atom. The fourth-order valence-corrected chi connectivity index (χ4v) is 3.97. The van der Waals surface area contributed by atoms with Gasteiger partial charge in [0.2, 0.25) is 0 Å². The van der Waals surface area contributed by atoms with Crippen LogP contribution in [-0.2, 0) is 0 Å². The van der Waals surface area contributed by atoms with E-state index in [4.69, 9.17) is 4.98 Å². The Labute approximate surface area is 182 Å². The Morgan fingerprint density at radius 1 is 0.625 bits per heavy atom. The van der Waals surface area contributed by atoms with Crippen molar-refractivity contribution in [3.8, 4) is 22.4 Å². The molecular formula is C26H16N2O4. The van der Waals surface area contributed by atoms with Gasteiger partial charge in [0.05, 0.1) is 27.9 Å². The lowest BCUT2D eigenvalue weighted by molar-refractivity contribution is 0.0686. The van der Waals surface area contributed by atoms with Crippen LogP contribution >= 0.6 is 0 Å². The quantitative estimate of drug-likeness (QED) is 0.372. The van der Waals surface area contributed by atoms with Gasteiger partial charge >= 0.3 is 11.9 Å². The number of hydrogen-bond acceptors (Lipinski definition) is 4. The van der Waals surface area contributed by atoms with Gasteiger partial charge in [0, 0.05) is 28.1 Å². The summed E-state index contributed by atoms with van der Waals surface area (Å²) >= 11 is 0.